The van der Waals surface area contributed by atoms with Crippen LogP contribution in [0.5, 0.6) is 17.2 Å². The molecule has 0 unspecified atom stereocenters. The van der Waals surface area contributed by atoms with Crippen LogP contribution in [-0.2, 0) is 16.0 Å². The maximum absolute atomic E-state index is 15.0. The highest BCUT2D eigenvalue weighted by molar-refractivity contribution is 9.10. The summed E-state index contributed by atoms with van der Waals surface area (Å²) in [5.74, 6) is 1.08. The smallest absolute Gasteiger partial charge is 0.250 e. The number of fused-ring (bicyclic) bond motifs is 1. The number of hydrogen-bond acceptors (Lipinski definition) is 8. The van der Waals surface area contributed by atoms with Gasteiger partial charge >= 0.3 is 0 Å². The van der Waals surface area contributed by atoms with Crippen LogP contribution < -0.4 is 30.2 Å². The molecular formula is C33H40BrFN4O5. The van der Waals surface area contributed by atoms with E-state index in [-0.39, 0.29) is 25.0 Å². The Morgan fingerprint density at radius 3 is 2.64 bits per heavy atom. The third kappa shape index (κ3) is 10.3. The Morgan fingerprint density at radius 2 is 1.89 bits per heavy atom. The first kappa shape index (κ1) is 33.4. The fraction of sp³-hybridized carbons (Fsp3) is 0.394. The molecule has 1 fully saturated rings. The Bertz CT molecular complexity index is 1460. The lowest BCUT2D eigenvalue weighted by Crippen LogP contribution is -2.30. The summed E-state index contributed by atoms with van der Waals surface area (Å²) in [5, 5.41) is 9.78. The molecule has 1 saturated heterocycles. The van der Waals surface area contributed by atoms with Crippen LogP contribution in [0.1, 0.15) is 32.3 Å². The molecule has 1 aliphatic rings. The highest BCUT2D eigenvalue weighted by atomic mass is 79.9. The summed E-state index contributed by atoms with van der Waals surface area (Å²) in [6.07, 6.45) is 5.79. The maximum Gasteiger partial charge on any atom is 0.250 e. The molecule has 3 N–H and O–H groups in total. The number of rotatable bonds is 15. The van der Waals surface area contributed by atoms with E-state index in [2.05, 4.69) is 36.9 Å². The van der Waals surface area contributed by atoms with Gasteiger partial charge in [0.1, 0.15) is 18.1 Å². The van der Waals surface area contributed by atoms with Crippen LogP contribution in [0, 0.1) is 5.92 Å². The van der Waals surface area contributed by atoms with Gasteiger partial charge in [-0.2, -0.15) is 0 Å². The van der Waals surface area contributed by atoms with E-state index in [9.17, 15) is 4.79 Å². The topological polar surface area (TPSA) is 103 Å². The van der Waals surface area contributed by atoms with E-state index >= 15 is 4.39 Å². The van der Waals surface area contributed by atoms with Crippen molar-refractivity contribution in [3.63, 3.8) is 0 Å². The zero-order valence-electron chi connectivity index (χ0n) is 25.4. The summed E-state index contributed by atoms with van der Waals surface area (Å²) >= 11 is 3.42. The van der Waals surface area contributed by atoms with E-state index < -0.39 is 5.83 Å². The van der Waals surface area contributed by atoms with E-state index in [1.165, 1.54) is 18.6 Å². The second kappa shape index (κ2) is 17.1. The van der Waals surface area contributed by atoms with Crippen molar-refractivity contribution in [1.82, 2.24) is 20.9 Å². The van der Waals surface area contributed by atoms with Crippen LogP contribution in [-0.4, -0.2) is 57.6 Å². The van der Waals surface area contributed by atoms with Gasteiger partial charge in [0.15, 0.2) is 17.3 Å². The molecule has 3 aromatic rings. The molecule has 0 spiro atoms. The first-order valence-electron chi connectivity index (χ1n) is 14.7. The number of piperidine rings is 1. The number of amides is 1. The number of halogens is 2. The number of aromatic nitrogens is 1. The predicted octanol–water partition coefficient (Wildman–Crippen LogP) is 5.79. The molecule has 2 heterocycles. The van der Waals surface area contributed by atoms with Crippen molar-refractivity contribution in [1.29, 1.82) is 0 Å². The molecular weight excluding hydrogens is 631 g/mol. The largest absolute Gasteiger partial charge is 0.493 e. The van der Waals surface area contributed by atoms with Crippen LogP contribution >= 0.6 is 15.9 Å². The number of ether oxygens (including phenoxy) is 4. The van der Waals surface area contributed by atoms with Crippen molar-refractivity contribution in [2.45, 2.75) is 33.1 Å². The SMILES string of the molecule is COc1cc2c(O/C(C)=C(F)/C=C(\C)NC(=O)COCNCCc3ccc(Br)cc3)ccnc2cc1OCC1CCNCC1. The standard InChI is InChI=1S/C33H40BrFN4O5/c1-22(39-33(40)20-42-21-37-14-8-24-4-6-26(34)7-5-24)16-28(35)23(2)44-30-11-15-38-29-18-32(31(41-3)17-27(29)30)43-19-25-9-12-36-13-10-25/h4-7,11,15-18,25,36-37H,8-10,12-14,19-21H2,1-3H3,(H,39,40)/b22-16+,28-23-. The summed E-state index contributed by atoms with van der Waals surface area (Å²) in [4.78, 5) is 16.7. The molecule has 236 valence electrons. The molecule has 1 aromatic heterocycles. The number of carbonyl (C=O) groups excluding carboxylic acids is 1. The molecule has 0 saturated carbocycles. The van der Waals surface area contributed by atoms with Gasteiger partial charge in [0, 0.05) is 34.4 Å². The van der Waals surface area contributed by atoms with Gasteiger partial charge in [0.05, 0.1) is 26.0 Å². The zero-order chi connectivity index (χ0) is 31.3. The van der Waals surface area contributed by atoms with Gasteiger partial charge in [-0.3, -0.25) is 15.1 Å². The number of methoxy groups -OCH3 is 1. The minimum Gasteiger partial charge on any atom is -0.493 e. The van der Waals surface area contributed by atoms with Gasteiger partial charge in [-0.15, -0.1) is 0 Å². The quantitative estimate of drug-likeness (QED) is 0.0808. The molecule has 44 heavy (non-hydrogen) atoms. The minimum absolute atomic E-state index is 0.0301. The number of nitrogens with one attached hydrogen (secondary N) is 3. The Kier molecular flexibility index (Phi) is 13.0. The fourth-order valence-electron chi connectivity index (χ4n) is 4.72. The summed E-state index contributed by atoms with van der Waals surface area (Å²) in [5.41, 5.74) is 2.16. The Morgan fingerprint density at radius 1 is 1.11 bits per heavy atom. The third-order valence-corrected chi connectivity index (χ3v) is 7.67. The van der Waals surface area contributed by atoms with Gasteiger partial charge in [-0.25, -0.2) is 4.39 Å². The molecule has 0 radical (unpaired) electrons. The highest BCUT2D eigenvalue weighted by Crippen LogP contribution is 2.36. The lowest BCUT2D eigenvalue weighted by atomic mass is 9.99. The number of hydrogen-bond donors (Lipinski definition) is 3. The van der Waals surface area contributed by atoms with Gasteiger partial charge in [-0.1, -0.05) is 28.1 Å². The van der Waals surface area contributed by atoms with E-state index in [1.54, 1.807) is 32.4 Å². The molecule has 1 amide bonds. The van der Waals surface area contributed by atoms with Crippen molar-refractivity contribution in [3.8, 4) is 17.2 Å². The van der Waals surface area contributed by atoms with Crippen molar-refractivity contribution in [2.75, 3.05) is 46.7 Å². The number of allylic oxidation sites excluding steroid dienone is 4. The Balaban J connectivity index is 1.28. The predicted molar refractivity (Wildman–Crippen MR) is 172 cm³/mol. The molecule has 2 aromatic carbocycles. The first-order valence-corrected chi connectivity index (χ1v) is 15.5. The molecule has 11 heteroatoms. The van der Waals surface area contributed by atoms with Gasteiger partial charge in [-0.05, 0) is 88.0 Å². The second-order valence-electron chi connectivity index (χ2n) is 10.6. The van der Waals surface area contributed by atoms with Crippen molar-refractivity contribution in [3.05, 3.63) is 82.1 Å². The van der Waals surface area contributed by atoms with E-state index in [1.807, 2.05) is 30.3 Å². The normalized spacial score (nSPS) is 14.7. The second-order valence-corrected chi connectivity index (χ2v) is 11.5. The molecule has 4 rings (SSSR count). The highest BCUT2D eigenvalue weighted by Gasteiger charge is 2.17. The molecule has 0 aliphatic carbocycles. The first-order chi connectivity index (χ1) is 21.3. The number of benzene rings is 2. The summed E-state index contributed by atoms with van der Waals surface area (Å²) < 4.78 is 39.1. The molecule has 9 nitrogen and oxygen atoms in total. The summed E-state index contributed by atoms with van der Waals surface area (Å²) in [6.45, 7) is 6.49. The van der Waals surface area contributed by atoms with Crippen LogP contribution in [0.2, 0.25) is 0 Å². The van der Waals surface area contributed by atoms with Crippen LogP contribution in [0.3, 0.4) is 0 Å². The average Bonchev–Trinajstić information content (AvgIpc) is 3.02. The lowest BCUT2D eigenvalue weighted by Gasteiger charge is -2.23. The lowest BCUT2D eigenvalue weighted by molar-refractivity contribution is -0.125. The molecule has 0 atom stereocenters. The summed E-state index contributed by atoms with van der Waals surface area (Å²) in [6, 6.07) is 13.4. The minimum atomic E-state index is -0.628. The summed E-state index contributed by atoms with van der Waals surface area (Å²) in [7, 11) is 1.58. The van der Waals surface area contributed by atoms with E-state index in [0.717, 1.165) is 36.8 Å². The number of pyridine rings is 1. The van der Waals surface area contributed by atoms with Gasteiger partial charge < -0.3 is 29.6 Å². The number of carbonyl (C=O) groups is 1. The number of nitrogens with zero attached hydrogens (tertiary/aromatic N) is 1. The zero-order valence-corrected chi connectivity index (χ0v) is 27.0. The van der Waals surface area contributed by atoms with Crippen LogP contribution in [0.4, 0.5) is 4.39 Å². The monoisotopic (exact) mass is 670 g/mol. The molecule has 1 aliphatic heterocycles. The fourth-order valence-corrected chi connectivity index (χ4v) is 4.98. The van der Waals surface area contributed by atoms with Crippen LogP contribution in [0.25, 0.3) is 10.9 Å². The van der Waals surface area contributed by atoms with Crippen molar-refractivity contribution >= 4 is 32.7 Å². The van der Waals surface area contributed by atoms with E-state index in [0.29, 0.717) is 52.9 Å². The van der Waals surface area contributed by atoms with Crippen molar-refractivity contribution in [2.24, 2.45) is 5.92 Å². The van der Waals surface area contributed by atoms with E-state index in [4.69, 9.17) is 18.9 Å². The van der Waals surface area contributed by atoms with Gasteiger partial charge in [0.2, 0.25) is 5.91 Å². The maximum atomic E-state index is 15.0. The Labute approximate surface area is 266 Å². The van der Waals surface area contributed by atoms with Gasteiger partial charge in [0.25, 0.3) is 0 Å². The molecule has 0 bridgehead atoms. The average molecular weight is 672 g/mol. The van der Waals surface area contributed by atoms with Crippen LogP contribution in [0.15, 0.2) is 76.5 Å². The third-order valence-electron chi connectivity index (χ3n) is 7.14. The Hall–Kier alpha value is -3.51. The van der Waals surface area contributed by atoms with Crippen molar-refractivity contribution < 1.29 is 28.1 Å².